The number of methoxy groups -OCH3 is 1. The van der Waals surface area contributed by atoms with Crippen LogP contribution in [-0.2, 0) is 9.59 Å². The van der Waals surface area contributed by atoms with E-state index in [-0.39, 0.29) is 11.4 Å². The molecular weight excluding hydrogens is 484 g/mol. The molecular formula is C22H21BrN2O5S. The zero-order chi connectivity index (χ0) is 22.5. The predicted octanol–water partition coefficient (Wildman–Crippen LogP) is 4.84. The molecule has 0 aromatic heterocycles. The molecule has 3 rings (SSSR count). The summed E-state index contributed by atoms with van der Waals surface area (Å²) in [5, 5.41) is 2.20. The summed E-state index contributed by atoms with van der Waals surface area (Å²) in [5.41, 5.74) is 2.32. The smallest absolute Gasteiger partial charge is 0.294 e. The van der Waals surface area contributed by atoms with E-state index in [2.05, 4.69) is 21.2 Å². The molecule has 1 aliphatic heterocycles. The summed E-state index contributed by atoms with van der Waals surface area (Å²) >= 11 is 4.22. The Balaban J connectivity index is 1.75. The number of nitrogens with zero attached hydrogens (tertiary/aromatic N) is 1. The number of ether oxygens (including phenoxy) is 2. The summed E-state index contributed by atoms with van der Waals surface area (Å²) in [6.07, 6.45) is 1.59. The lowest BCUT2D eigenvalue weighted by atomic mass is 10.2. The van der Waals surface area contributed by atoms with Crippen LogP contribution in [0.3, 0.4) is 0 Å². The highest BCUT2D eigenvalue weighted by atomic mass is 79.9. The molecule has 1 heterocycles. The number of carbonyl (C=O) groups is 3. The maximum Gasteiger partial charge on any atom is 0.294 e. The van der Waals surface area contributed by atoms with Crippen molar-refractivity contribution in [2.45, 2.75) is 13.8 Å². The highest BCUT2D eigenvalue weighted by Gasteiger charge is 2.36. The molecule has 0 saturated carbocycles. The van der Waals surface area contributed by atoms with Gasteiger partial charge < -0.3 is 14.8 Å². The van der Waals surface area contributed by atoms with Crippen LogP contribution in [0.25, 0.3) is 6.08 Å². The van der Waals surface area contributed by atoms with E-state index >= 15 is 0 Å². The summed E-state index contributed by atoms with van der Waals surface area (Å²) in [6.45, 7) is 3.88. The van der Waals surface area contributed by atoms with Crippen LogP contribution in [0.5, 0.6) is 11.5 Å². The van der Waals surface area contributed by atoms with Crippen molar-refractivity contribution in [1.29, 1.82) is 0 Å². The van der Waals surface area contributed by atoms with Crippen molar-refractivity contribution in [1.82, 2.24) is 4.90 Å². The Morgan fingerprint density at radius 1 is 1.23 bits per heavy atom. The quantitative estimate of drug-likeness (QED) is 0.543. The highest BCUT2D eigenvalue weighted by molar-refractivity contribution is 9.10. The number of carbonyl (C=O) groups excluding carboxylic acids is 3. The zero-order valence-corrected chi connectivity index (χ0v) is 19.6. The molecule has 0 aliphatic carbocycles. The molecule has 1 fully saturated rings. The number of imide groups is 1. The van der Waals surface area contributed by atoms with E-state index in [1.807, 2.05) is 26.0 Å². The third kappa shape index (κ3) is 5.48. The predicted molar refractivity (Wildman–Crippen MR) is 124 cm³/mol. The largest absolute Gasteiger partial charge is 0.492 e. The minimum absolute atomic E-state index is 0.229. The van der Waals surface area contributed by atoms with Crippen molar-refractivity contribution in [3.05, 3.63) is 56.9 Å². The Hall–Kier alpha value is -2.78. The number of thioether (sulfide) groups is 1. The van der Waals surface area contributed by atoms with Gasteiger partial charge in [0.05, 0.1) is 23.1 Å². The van der Waals surface area contributed by atoms with Gasteiger partial charge in [-0.05, 0) is 77.4 Å². The second kappa shape index (κ2) is 10.0. The van der Waals surface area contributed by atoms with Gasteiger partial charge in [-0.1, -0.05) is 17.7 Å². The van der Waals surface area contributed by atoms with Crippen LogP contribution in [0.4, 0.5) is 10.5 Å². The van der Waals surface area contributed by atoms with Crippen LogP contribution in [0, 0.1) is 6.92 Å². The molecule has 7 nitrogen and oxygen atoms in total. The summed E-state index contributed by atoms with van der Waals surface area (Å²) in [7, 11) is 1.54. The number of nitrogens with one attached hydrogen (secondary N) is 1. The average molecular weight is 505 g/mol. The van der Waals surface area contributed by atoms with Gasteiger partial charge in [-0.15, -0.1) is 0 Å². The number of benzene rings is 2. The van der Waals surface area contributed by atoms with E-state index in [1.54, 1.807) is 30.3 Å². The third-order valence-electron chi connectivity index (χ3n) is 4.34. The fourth-order valence-electron chi connectivity index (χ4n) is 2.90. The van der Waals surface area contributed by atoms with Gasteiger partial charge in [-0.2, -0.15) is 0 Å². The fraction of sp³-hybridized carbons (Fsp3) is 0.227. The molecule has 1 N–H and O–H groups in total. The number of hydrogen-bond acceptors (Lipinski definition) is 6. The standard InChI is InChI=1S/C22H21BrN2O5S/c1-4-30-17-10-14(9-16(23)20(17)29-3)11-18-21(27)25(22(28)31-18)12-19(26)24-15-7-5-13(2)6-8-15/h5-11H,4,12H2,1-3H3,(H,24,26). The van der Waals surface area contributed by atoms with Crippen LogP contribution in [0.2, 0.25) is 0 Å². The van der Waals surface area contributed by atoms with Crippen molar-refractivity contribution in [3.8, 4) is 11.5 Å². The van der Waals surface area contributed by atoms with Crippen molar-refractivity contribution < 1.29 is 23.9 Å². The summed E-state index contributed by atoms with van der Waals surface area (Å²) in [4.78, 5) is 38.6. The Labute approximate surface area is 192 Å². The normalized spacial score (nSPS) is 14.8. The maximum absolute atomic E-state index is 12.7. The third-order valence-corrected chi connectivity index (χ3v) is 5.84. The SMILES string of the molecule is CCOc1cc(C=C2SC(=O)N(CC(=O)Nc3ccc(C)cc3)C2=O)cc(Br)c1OC. The lowest BCUT2D eigenvalue weighted by molar-refractivity contribution is -0.127. The van der Waals surface area contributed by atoms with Crippen LogP contribution >= 0.6 is 27.7 Å². The summed E-state index contributed by atoms with van der Waals surface area (Å²) in [5.74, 6) is 0.0967. The first-order chi connectivity index (χ1) is 14.8. The molecule has 162 valence electrons. The van der Waals surface area contributed by atoms with E-state index in [9.17, 15) is 14.4 Å². The van der Waals surface area contributed by atoms with Crippen LogP contribution < -0.4 is 14.8 Å². The van der Waals surface area contributed by atoms with E-state index in [4.69, 9.17) is 9.47 Å². The lowest BCUT2D eigenvalue weighted by Gasteiger charge is -2.13. The van der Waals surface area contributed by atoms with Gasteiger partial charge >= 0.3 is 0 Å². The molecule has 31 heavy (non-hydrogen) atoms. The summed E-state index contributed by atoms with van der Waals surface area (Å²) < 4.78 is 11.6. The monoisotopic (exact) mass is 504 g/mol. The lowest BCUT2D eigenvalue weighted by Crippen LogP contribution is -2.36. The first-order valence-electron chi connectivity index (χ1n) is 9.44. The van der Waals surface area contributed by atoms with Crippen molar-refractivity contribution in [2.24, 2.45) is 0 Å². The maximum atomic E-state index is 12.7. The molecule has 0 atom stereocenters. The zero-order valence-electron chi connectivity index (χ0n) is 17.2. The minimum Gasteiger partial charge on any atom is -0.492 e. The first kappa shape index (κ1) is 22.9. The second-order valence-electron chi connectivity index (χ2n) is 6.65. The van der Waals surface area contributed by atoms with Gasteiger partial charge in [-0.3, -0.25) is 19.3 Å². The molecule has 1 aliphatic rings. The molecule has 2 aromatic carbocycles. The molecule has 3 amide bonds. The molecule has 2 aromatic rings. The number of hydrogen-bond donors (Lipinski definition) is 1. The van der Waals surface area contributed by atoms with Gasteiger partial charge in [-0.25, -0.2) is 0 Å². The highest BCUT2D eigenvalue weighted by Crippen LogP contribution is 2.39. The summed E-state index contributed by atoms with van der Waals surface area (Å²) in [6, 6.07) is 10.7. The molecule has 0 bridgehead atoms. The van der Waals surface area contributed by atoms with Crippen LogP contribution in [0.1, 0.15) is 18.1 Å². The van der Waals surface area contributed by atoms with Gasteiger partial charge in [0.25, 0.3) is 11.1 Å². The van der Waals surface area contributed by atoms with Crippen LogP contribution in [0.15, 0.2) is 45.8 Å². The molecule has 0 radical (unpaired) electrons. The minimum atomic E-state index is -0.515. The van der Waals surface area contributed by atoms with Gasteiger partial charge in [0.1, 0.15) is 6.54 Å². The van der Waals surface area contributed by atoms with Gasteiger partial charge in [0.2, 0.25) is 5.91 Å². The van der Waals surface area contributed by atoms with E-state index in [0.29, 0.717) is 33.8 Å². The van der Waals surface area contributed by atoms with Crippen molar-refractivity contribution >= 4 is 56.5 Å². The Bertz CT molecular complexity index is 1050. The molecule has 9 heteroatoms. The number of amides is 3. The molecule has 1 saturated heterocycles. The number of rotatable bonds is 7. The number of anilines is 1. The average Bonchev–Trinajstić information content (AvgIpc) is 2.97. The van der Waals surface area contributed by atoms with E-state index in [1.165, 1.54) is 7.11 Å². The van der Waals surface area contributed by atoms with E-state index in [0.717, 1.165) is 22.2 Å². The first-order valence-corrected chi connectivity index (χ1v) is 11.1. The second-order valence-corrected chi connectivity index (χ2v) is 8.50. The topological polar surface area (TPSA) is 84.9 Å². The van der Waals surface area contributed by atoms with Gasteiger partial charge in [0, 0.05) is 5.69 Å². The number of halogens is 1. The van der Waals surface area contributed by atoms with Crippen molar-refractivity contribution in [3.63, 3.8) is 0 Å². The molecule has 0 spiro atoms. The Kier molecular flexibility index (Phi) is 7.40. The van der Waals surface area contributed by atoms with Crippen molar-refractivity contribution in [2.75, 3.05) is 25.6 Å². The van der Waals surface area contributed by atoms with Crippen LogP contribution in [-0.4, -0.2) is 42.2 Å². The fourth-order valence-corrected chi connectivity index (χ4v) is 4.36. The van der Waals surface area contributed by atoms with Gasteiger partial charge in [0.15, 0.2) is 11.5 Å². The Morgan fingerprint density at radius 2 is 1.94 bits per heavy atom. The number of aryl methyl sites for hydroxylation is 1. The molecule has 0 unspecified atom stereocenters. The Morgan fingerprint density at radius 3 is 2.58 bits per heavy atom. The van der Waals surface area contributed by atoms with E-state index < -0.39 is 17.1 Å².